The maximum atomic E-state index is 5.37. The Kier molecular flexibility index (Phi) is 5.07. The monoisotopic (exact) mass is 258 g/mol. The van der Waals surface area contributed by atoms with Gasteiger partial charge in [-0.15, -0.1) is 0 Å². The van der Waals surface area contributed by atoms with Crippen LogP contribution in [0.3, 0.4) is 0 Å². The average Bonchev–Trinajstić information content (AvgIpc) is 2.21. The van der Waals surface area contributed by atoms with E-state index in [9.17, 15) is 0 Å². The molecule has 14 heavy (non-hydrogen) atoms. The number of halogens is 1. The molecule has 1 N–H and O–H groups in total. The number of nitrogens with zero attached hydrogens (tertiary/aromatic N) is 1. The van der Waals surface area contributed by atoms with Crippen molar-refractivity contribution >= 4 is 15.9 Å². The molecule has 1 unspecified atom stereocenters. The van der Waals surface area contributed by atoms with Crippen molar-refractivity contribution < 1.29 is 4.74 Å². The molecular weight excluding hydrogens is 244 g/mol. The zero-order valence-electron chi connectivity index (χ0n) is 8.46. The van der Waals surface area contributed by atoms with Crippen molar-refractivity contribution in [3.63, 3.8) is 0 Å². The number of ether oxygens (including phenoxy) is 1. The molecule has 0 spiro atoms. The van der Waals surface area contributed by atoms with Crippen LogP contribution in [-0.2, 0) is 4.74 Å². The summed E-state index contributed by atoms with van der Waals surface area (Å²) in [5, 5.41) is 3.18. The van der Waals surface area contributed by atoms with Gasteiger partial charge in [-0.1, -0.05) is 0 Å². The van der Waals surface area contributed by atoms with E-state index in [4.69, 9.17) is 4.74 Å². The first-order chi connectivity index (χ1) is 6.79. The van der Waals surface area contributed by atoms with Crippen LogP contribution in [0.15, 0.2) is 22.8 Å². The summed E-state index contributed by atoms with van der Waals surface area (Å²) in [7, 11) is 1.91. The molecule has 0 bridgehead atoms. The van der Waals surface area contributed by atoms with Gasteiger partial charge in [0.05, 0.1) is 18.3 Å². The SMILES string of the molecule is CCOCC(NC)c1ncccc1Br. The molecule has 1 heterocycles. The second-order valence-corrected chi connectivity index (χ2v) is 3.73. The topological polar surface area (TPSA) is 34.1 Å². The minimum absolute atomic E-state index is 0.144. The third-order valence-corrected chi connectivity index (χ3v) is 2.62. The molecule has 4 heteroatoms. The zero-order chi connectivity index (χ0) is 10.4. The van der Waals surface area contributed by atoms with Crippen molar-refractivity contribution in [1.82, 2.24) is 10.3 Å². The van der Waals surface area contributed by atoms with Crippen LogP contribution in [-0.4, -0.2) is 25.2 Å². The van der Waals surface area contributed by atoms with Crippen LogP contribution in [0.25, 0.3) is 0 Å². The molecule has 0 aliphatic rings. The largest absolute Gasteiger partial charge is 0.380 e. The van der Waals surface area contributed by atoms with Gasteiger partial charge in [-0.05, 0) is 42.0 Å². The molecule has 1 rings (SSSR count). The summed E-state index contributed by atoms with van der Waals surface area (Å²) in [6, 6.07) is 4.03. The third-order valence-electron chi connectivity index (χ3n) is 1.95. The number of nitrogens with one attached hydrogen (secondary N) is 1. The maximum absolute atomic E-state index is 5.37. The molecule has 1 atom stereocenters. The Balaban J connectivity index is 2.73. The molecule has 0 aliphatic carbocycles. The number of hydrogen-bond acceptors (Lipinski definition) is 3. The Hall–Kier alpha value is -0.450. The first-order valence-electron chi connectivity index (χ1n) is 4.65. The van der Waals surface area contributed by atoms with E-state index >= 15 is 0 Å². The zero-order valence-corrected chi connectivity index (χ0v) is 10.0. The molecule has 78 valence electrons. The quantitative estimate of drug-likeness (QED) is 0.879. The molecule has 0 radical (unpaired) electrons. The normalized spacial score (nSPS) is 12.8. The van der Waals surface area contributed by atoms with Crippen molar-refractivity contribution in [1.29, 1.82) is 0 Å². The Morgan fingerprint density at radius 1 is 1.64 bits per heavy atom. The van der Waals surface area contributed by atoms with Crippen molar-refractivity contribution in [2.75, 3.05) is 20.3 Å². The lowest BCUT2D eigenvalue weighted by Crippen LogP contribution is -2.23. The van der Waals surface area contributed by atoms with Gasteiger partial charge in [-0.3, -0.25) is 4.98 Å². The van der Waals surface area contributed by atoms with Gasteiger partial charge in [0.1, 0.15) is 0 Å². The van der Waals surface area contributed by atoms with Crippen LogP contribution in [0.4, 0.5) is 0 Å². The number of likely N-dealkylation sites (N-methyl/N-ethyl adjacent to an activating group) is 1. The molecular formula is C10H15BrN2O. The van der Waals surface area contributed by atoms with Crippen LogP contribution in [0.1, 0.15) is 18.7 Å². The Morgan fingerprint density at radius 3 is 3.00 bits per heavy atom. The van der Waals surface area contributed by atoms with Crippen molar-refractivity contribution in [2.45, 2.75) is 13.0 Å². The van der Waals surface area contributed by atoms with Gasteiger partial charge in [-0.2, -0.15) is 0 Å². The first-order valence-corrected chi connectivity index (χ1v) is 5.44. The smallest absolute Gasteiger partial charge is 0.0741 e. The molecule has 1 aromatic rings. The maximum Gasteiger partial charge on any atom is 0.0741 e. The van der Waals surface area contributed by atoms with Gasteiger partial charge in [0.2, 0.25) is 0 Å². The number of hydrogen-bond donors (Lipinski definition) is 1. The van der Waals surface area contributed by atoms with E-state index in [1.165, 1.54) is 0 Å². The number of aromatic nitrogens is 1. The summed E-state index contributed by atoms with van der Waals surface area (Å²) >= 11 is 3.47. The first kappa shape index (κ1) is 11.6. The fraction of sp³-hybridized carbons (Fsp3) is 0.500. The second kappa shape index (κ2) is 6.11. The number of pyridine rings is 1. The second-order valence-electron chi connectivity index (χ2n) is 2.87. The predicted octanol–water partition coefficient (Wildman–Crippen LogP) is 2.14. The fourth-order valence-electron chi connectivity index (χ4n) is 1.19. The highest BCUT2D eigenvalue weighted by molar-refractivity contribution is 9.10. The standard InChI is InChI=1S/C10H15BrN2O/c1-3-14-7-9(12-2)10-8(11)5-4-6-13-10/h4-6,9,12H,3,7H2,1-2H3. The minimum Gasteiger partial charge on any atom is -0.380 e. The molecule has 0 saturated carbocycles. The lowest BCUT2D eigenvalue weighted by molar-refractivity contribution is 0.124. The predicted molar refractivity (Wildman–Crippen MR) is 60.2 cm³/mol. The van der Waals surface area contributed by atoms with E-state index in [0.717, 1.165) is 16.8 Å². The highest BCUT2D eigenvalue weighted by Crippen LogP contribution is 2.20. The molecule has 3 nitrogen and oxygen atoms in total. The van der Waals surface area contributed by atoms with Crippen LogP contribution >= 0.6 is 15.9 Å². The minimum atomic E-state index is 0.144. The van der Waals surface area contributed by atoms with Crippen LogP contribution in [0.5, 0.6) is 0 Å². The lowest BCUT2D eigenvalue weighted by Gasteiger charge is -2.16. The van der Waals surface area contributed by atoms with Gasteiger partial charge in [0.25, 0.3) is 0 Å². The highest BCUT2D eigenvalue weighted by atomic mass is 79.9. The Bertz CT molecular complexity index is 281. The van der Waals surface area contributed by atoms with Crippen molar-refractivity contribution in [3.8, 4) is 0 Å². The average molecular weight is 259 g/mol. The lowest BCUT2D eigenvalue weighted by atomic mass is 10.2. The van der Waals surface area contributed by atoms with E-state index in [1.54, 1.807) is 6.20 Å². The molecule has 0 fully saturated rings. The summed E-state index contributed by atoms with van der Waals surface area (Å²) < 4.78 is 6.39. The molecule has 1 aromatic heterocycles. The van der Waals surface area contributed by atoms with Crippen LogP contribution < -0.4 is 5.32 Å². The molecule has 0 amide bonds. The third kappa shape index (κ3) is 3.04. The summed E-state index contributed by atoms with van der Waals surface area (Å²) in [6.07, 6.45) is 1.79. The van der Waals surface area contributed by atoms with Gasteiger partial charge >= 0.3 is 0 Å². The fourth-order valence-corrected chi connectivity index (χ4v) is 1.72. The van der Waals surface area contributed by atoms with E-state index in [1.807, 2.05) is 26.1 Å². The van der Waals surface area contributed by atoms with Gasteiger partial charge in [-0.25, -0.2) is 0 Å². The van der Waals surface area contributed by atoms with Gasteiger partial charge in [0, 0.05) is 17.3 Å². The van der Waals surface area contributed by atoms with Crippen molar-refractivity contribution in [3.05, 3.63) is 28.5 Å². The van der Waals surface area contributed by atoms with E-state index < -0.39 is 0 Å². The molecule has 0 aromatic carbocycles. The van der Waals surface area contributed by atoms with Crippen molar-refractivity contribution in [2.24, 2.45) is 0 Å². The summed E-state index contributed by atoms with van der Waals surface area (Å²) in [4.78, 5) is 4.31. The van der Waals surface area contributed by atoms with Gasteiger partial charge < -0.3 is 10.1 Å². The van der Waals surface area contributed by atoms with E-state index in [0.29, 0.717) is 6.61 Å². The summed E-state index contributed by atoms with van der Waals surface area (Å²) in [5.41, 5.74) is 0.989. The van der Waals surface area contributed by atoms with E-state index in [2.05, 4.69) is 26.2 Å². The Labute approximate surface area is 93.0 Å². The van der Waals surface area contributed by atoms with E-state index in [-0.39, 0.29) is 6.04 Å². The van der Waals surface area contributed by atoms with Crippen LogP contribution in [0.2, 0.25) is 0 Å². The summed E-state index contributed by atoms with van der Waals surface area (Å²) in [5.74, 6) is 0. The Morgan fingerprint density at radius 2 is 2.43 bits per heavy atom. The molecule has 0 saturated heterocycles. The van der Waals surface area contributed by atoms with Gasteiger partial charge in [0.15, 0.2) is 0 Å². The van der Waals surface area contributed by atoms with Crippen LogP contribution in [0, 0.1) is 0 Å². The number of rotatable bonds is 5. The summed E-state index contributed by atoms with van der Waals surface area (Å²) in [6.45, 7) is 3.35. The highest BCUT2D eigenvalue weighted by Gasteiger charge is 2.13. The molecule has 0 aliphatic heterocycles.